The summed E-state index contributed by atoms with van der Waals surface area (Å²) in [6.45, 7) is 3.58. The van der Waals surface area contributed by atoms with E-state index in [9.17, 15) is 23.1 Å². The number of aliphatic hydroxyl groups is 1. The highest BCUT2D eigenvalue weighted by atomic mass is 19.4. The molecule has 26 heavy (non-hydrogen) atoms. The van der Waals surface area contributed by atoms with Crippen LogP contribution in [-0.2, 0) is 10.4 Å². The van der Waals surface area contributed by atoms with E-state index in [0.29, 0.717) is 18.4 Å². The molecule has 0 aromatic heterocycles. The van der Waals surface area contributed by atoms with Crippen molar-refractivity contribution in [1.29, 1.82) is 0 Å². The fourth-order valence-corrected chi connectivity index (χ4v) is 3.79. The highest BCUT2D eigenvalue weighted by Crippen LogP contribution is 2.41. The van der Waals surface area contributed by atoms with E-state index in [2.05, 4.69) is 4.90 Å². The molecular weight excluding hydrogens is 347 g/mol. The second-order valence-electron chi connectivity index (χ2n) is 7.32. The number of carbonyl (C=O) groups is 1. The second-order valence-corrected chi connectivity index (χ2v) is 7.32. The predicted molar refractivity (Wildman–Crippen MR) is 90.3 cm³/mol. The van der Waals surface area contributed by atoms with E-state index < -0.39 is 23.2 Å². The van der Waals surface area contributed by atoms with Crippen LogP contribution in [0.2, 0.25) is 0 Å². The van der Waals surface area contributed by atoms with E-state index in [4.69, 9.17) is 5.73 Å². The van der Waals surface area contributed by atoms with Gasteiger partial charge in [0.1, 0.15) is 0 Å². The maximum atomic E-state index is 13.7. The molecule has 3 rings (SSSR count). The molecule has 1 aromatic rings. The fourth-order valence-electron chi connectivity index (χ4n) is 3.79. The molecule has 1 aromatic carbocycles. The zero-order valence-corrected chi connectivity index (χ0v) is 14.7. The van der Waals surface area contributed by atoms with Gasteiger partial charge in [-0.3, -0.25) is 9.69 Å². The normalized spacial score (nSPS) is 22.8. The van der Waals surface area contributed by atoms with Crippen LogP contribution in [0.25, 0.3) is 0 Å². The second kappa shape index (κ2) is 6.83. The van der Waals surface area contributed by atoms with Crippen LogP contribution in [-0.4, -0.2) is 65.3 Å². The number of aryl methyl sites for hydroxylation is 1. The van der Waals surface area contributed by atoms with Crippen molar-refractivity contribution in [2.45, 2.75) is 43.6 Å². The Morgan fingerprint density at radius 3 is 2.35 bits per heavy atom. The Bertz CT molecular complexity index is 668. The molecule has 2 aliphatic heterocycles. The van der Waals surface area contributed by atoms with Crippen molar-refractivity contribution in [3.63, 3.8) is 0 Å². The fraction of sp³-hybridized carbons (Fsp3) is 0.611. The van der Waals surface area contributed by atoms with Gasteiger partial charge in [-0.15, -0.1) is 0 Å². The van der Waals surface area contributed by atoms with E-state index in [0.717, 1.165) is 24.1 Å². The lowest BCUT2D eigenvalue weighted by atomic mass is 9.89. The van der Waals surface area contributed by atoms with E-state index in [1.54, 1.807) is 13.0 Å². The summed E-state index contributed by atoms with van der Waals surface area (Å²) in [5.74, 6) is -1.30. The molecule has 0 bridgehead atoms. The van der Waals surface area contributed by atoms with Crippen LogP contribution in [0.1, 0.15) is 24.0 Å². The van der Waals surface area contributed by atoms with Crippen molar-refractivity contribution in [2.24, 2.45) is 5.73 Å². The van der Waals surface area contributed by atoms with Crippen molar-refractivity contribution < 1.29 is 23.1 Å². The number of rotatable bonds is 3. The van der Waals surface area contributed by atoms with Gasteiger partial charge in [-0.25, -0.2) is 0 Å². The number of halogens is 3. The molecule has 2 saturated heterocycles. The number of benzene rings is 1. The third-order valence-corrected chi connectivity index (χ3v) is 5.36. The molecule has 0 spiro atoms. The summed E-state index contributed by atoms with van der Waals surface area (Å²) in [7, 11) is 0. The molecule has 2 fully saturated rings. The summed E-state index contributed by atoms with van der Waals surface area (Å²) in [6, 6.07) is 5.77. The first kappa shape index (κ1) is 19.1. The van der Waals surface area contributed by atoms with Crippen molar-refractivity contribution in [3.05, 3.63) is 35.4 Å². The zero-order chi connectivity index (χ0) is 19.1. The largest absolute Gasteiger partial charge is 0.430 e. The molecule has 1 atom stereocenters. The first-order valence-corrected chi connectivity index (χ1v) is 8.78. The van der Waals surface area contributed by atoms with Crippen molar-refractivity contribution >= 4 is 5.91 Å². The van der Waals surface area contributed by atoms with Gasteiger partial charge in [-0.1, -0.05) is 29.8 Å². The van der Waals surface area contributed by atoms with Crippen LogP contribution in [0.5, 0.6) is 0 Å². The van der Waals surface area contributed by atoms with Gasteiger partial charge in [0, 0.05) is 43.8 Å². The average molecular weight is 371 g/mol. The Morgan fingerprint density at radius 2 is 1.85 bits per heavy atom. The minimum absolute atomic E-state index is 0.159. The maximum Gasteiger partial charge on any atom is 0.430 e. The van der Waals surface area contributed by atoms with Gasteiger partial charge in [0.2, 0.25) is 0 Å². The Morgan fingerprint density at radius 1 is 1.23 bits per heavy atom. The minimum Gasteiger partial charge on any atom is -0.369 e. The van der Waals surface area contributed by atoms with Crippen molar-refractivity contribution in [2.75, 3.05) is 26.2 Å². The summed E-state index contributed by atoms with van der Waals surface area (Å²) in [5, 5.41) is 10.5. The molecule has 0 radical (unpaired) electrons. The molecule has 2 aliphatic rings. The molecule has 144 valence electrons. The molecule has 8 heteroatoms. The smallest absolute Gasteiger partial charge is 0.369 e. The molecule has 1 amide bonds. The van der Waals surface area contributed by atoms with Gasteiger partial charge >= 0.3 is 6.18 Å². The van der Waals surface area contributed by atoms with E-state index >= 15 is 0 Å². The van der Waals surface area contributed by atoms with Gasteiger partial charge in [-0.05, 0) is 19.8 Å². The molecule has 3 N–H and O–H groups in total. The highest BCUT2D eigenvalue weighted by molar-refractivity contribution is 5.87. The number of nitrogens with zero attached hydrogens (tertiary/aromatic N) is 2. The number of nitrogens with two attached hydrogens (primary N) is 1. The van der Waals surface area contributed by atoms with Gasteiger partial charge in [0.05, 0.1) is 0 Å². The zero-order valence-electron chi connectivity index (χ0n) is 14.7. The van der Waals surface area contributed by atoms with Gasteiger partial charge < -0.3 is 15.7 Å². The lowest BCUT2D eigenvalue weighted by Gasteiger charge is -2.46. The van der Waals surface area contributed by atoms with Crippen LogP contribution < -0.4 is 5.73 Å². The van der Waals surface area contributed by atoms with E-state index in [1.807, 2.05) is 0 Å². The maximum absolute atomic E-state index is 13.7. The Kier molecular flexibility index (Phi) is 5.02. The number of amides is 1. The van der Waals surface area contributed by atoms with Gasteiger partial charge in [-0.2, -0.15) is 13.2 Å². The summed E-state index contributed by atoms with van der Waals surface area (Å²) in [5.41, 5.74) is 2.35. The standard InChI is InChI=1S/C18H24F3N3O2/c1-12-3-2-4-13(9-12)17(26,18(19,20)21)16(25)23-7-5-15(6-8-23)24-10-14(22)11-24/h2-4,9,14-15,26H,5-8,10-11,22H2,1H3. The first-order chi connectivity index (χ1) is 12.1. The number of piperidine rings is 1. The minimum atomic E-state index is -5.10. The summed E-state index contributed by atoms with van der Waals surface area (Å²) >= 11 is 0. The van der Waals surface area contributed by atoms with E-state index in [1.165, 1.54) is 12.1 Å². The van der Waals surface area contributed by atoms with E-state index in [-0.39, 0.29) is 25.2 Å². The van der Waals surface area contributed by atoms with Gasteiger partial charge in [0.25, 0.3) is 11.5 Å². The highest BCUT2D eigenvalue weighted by Gasteiger charge is 2.62. The third kappa shape index (κ3) is 3.33. The molecule has 2 heterocycles. The van der Waals surface area contributed by atoms with Crippen molar-refractivity contribution in [1.82, 2.24) is 9.80 Å². The van der Waals surface area contributed by atoms with Crippen LogP contribution in [0.4, 0.5) is 13.2 Å². The number of hydrogen-bond acceptors (Lipinski definition) is 4. The van der Waals surface area contributed by atoms with Crippen LogP contribution in [0, 0.1) is 6.92 Å². The number of alkyl halides is 3. The summed E-state index contributed by atoms with van der Waals surface area (Å²) in [6.07, 6.45) is -3.93. The third-order valence-electron chi connectivity index (χ3n) is 5.36. The Labute approximate surface area is 150 Å². The lowest BCUT2D eigenvalue weighted by molar-refractivity contribution is -0.262. The number of carbonyl (C=O) groups excluding carboxylic acids is 1. The molecule has 0 aliphatic carbocycles. The molecule has 5 nitrogen and oxygen atoms in total. The lowest BCUT2D eigenvalue weighted by Crippen LogP contribution is -2.62. The summed E-state index contributed by atoms with van der Waals surface area (Å²) < 4.78 is 41.2. The van der Waals surface area contributed by atoms with Crippen molar-refractivity contribution in [3.8, 4) is 0 Å². The Balaban J connectivity index is 1.77. The topological polar surface area (TPSA) is 69.8 Å². The summed E-state index contributed by atoms with van der Waals surface area (Å²) in [4.78, 5) is 16.0. The molecule has 1 unspecified atom stereocenters. The molecular formula is C18H24F3N3O2. The van der Waals surface area contributed by atoms with Crippen LogP contribution in [0.3, 0.4) is 0 Å². The number of hydrogen-bond donors (Lipinski definition) is 2. The molecule has 0 saturated carbocycles. The Hall–Kier alpha value is -1.64. The van der Waals surface area contributed by atoms with Gasteiger partial charge in [0.15, 0.2) is 0 Å². The predicted octanol–water partition coefficient (Wildman–Crippen LogP) is 1.38. The van der Waals surface area contributed by atoms with Crippen LogP contribution >= 0.6 is 0 Å². The average Bonchev–Trinajstić information content (AvgIpc) is 2.57. The quantitative estimate of drug-likeness (QED) is 0.842. The first-order valence-electron chi connectivity index (χ1n) is 8.78. The monoisotopic (exact) mass is 371 g/mol. The number of likely N-dealkylation sites (tertiary alicyclic amines) is 2. The SMILES string of the molecule is Cc1cccc(C(O)(C(=O)N2CCC(N3CC(N)C3)CC2)C(F)(F)F)c1. The van der Waals surface area contributed by atoms with Crippen LogP contribution in [0.15, 0.2) is 24.3 Å².